The highest BCUT2D eigenvalue weighted by Crippen LogP contribution is 2.17. The fourth-order valence-corrected chi connectivity index (χ4v) is 2.27. The molecule has 1 nitrogen and oxygen atoms in total. The van der Waals surface area contributed by atoms with Crippen LogP contribution in [0, 0.1) is 5.82 Å². The van der Waals surface area contributed by atoms with Gasteiger partial charge in [-0.1, -0.05) is 23.3 Å². The van der Waals surface area contributed by atoms with E-state index in [-0.39, 0.29) is 5.82 Å². The molecular formula is C18H22FN. The molecule has 0 amide bonds. The summed E-state index contributed by atoms with van der Waals surface area (Å²) >= 11 is 0. The summed E-state index contributed by atoms with van der Waals surface area (Å²) in [7, 11) is 0. The third kappa shape index (κ3) is 3.83. The van der Waals surface area contributed by atoms with Crippen LogP contribution >= 0.6 is 0 Å². The number of nitrogens with zero attached hydrogens (tertiary/aromatic N) is 1. The Bertz CT molecular complexity index is 642. The number of benzene rings is 1. The van der Waals surface area contributed by atoms with Crippen molar-refractivity contribution in [1.29, 1.82) is 0 Å². The number of rotatable bonds is 5. The highest BCUT2D eigenvalue weighted by atomic mass is 19.1. The second-order valence-electron chi connectivity index (χ2n) is 5.54. The first-order valence-corrected chi connectivity index (χ1v) is 7.09. The van der Waals surface area contributed by atoms with Crippen LogP contribution in [0.15, 0.2) is 53.8 Å². The summed E-state index contributed by atoms with van der Waals surface area (Å²) in [6.45, 7) is 7.27. The van der Waals surface area contributed by atoms with Crippen LogP contribution in [0.2, 0.25) is 0 Å². The summed E-state index contributed by atoms with van der Waals surface area (Å²) in [6.07, 6.45) is 8.73. The highest BCUT2D eigenvalue weighted by Gasteiger charge is 2.01. The van der Waals surface area contributed by atoms with Gasteiger partial charge in [-0.05, 0) is 57.9 Å². The second kappa shape index (κ2) is 6.56. The minimum Gasteiger partial charge on any atom is -0.344 e. The Morgan fingerprint density at radius 1 is 1.15 bits per heavy atom. The van der Waals surface area contributed by atoms with Gasteiger partial charge in [0.1, 0.15) is 5.82 Å². The molecule has 1 aromatic heterocycles. The van der Waals surface area contributed by atoms with Gasteiger partial charge in [0.15, 0.2) is 0 Å². The van der Waals surface area contributed by atoms with Gasteiger partial charge in [0, 0.05) is 23.6 Å². The molecule has 2 aromatic rings. The lowest BCUT2D eigenvalue weighted by atomic mass is 10.1. The normalized spacial score (nSPS) is 11.9. The predicted molar refractivity (Wildman–Crippen MR) is 84.3 cm³/mol. The lowest BCUT2D eigenvalue weighted by Crippen LogP contribution is -1.93. The second-order valence-corrected chi connectivity index (χ2v) is 5.54. The summed E-state index contributed by atoms with van der Waals surface area (Å²) in [5.41, 5.74) is 3.85. The fraction of sp³-hybridized carbons (Fsp3) is 0.333. The summed E-state index contributed by atoms with van der Waals surface area (Å²) in [6, 6.07) is 6.91. The van der Waals surface area contributed by atoms with E-state index in [1.165, 1.54) is 17.2 Å². The van der Waals surface area contributed by atoms with E-state index in [2.05, 4.69) is 37.5 Å². The molecule has 0 unspecified atom stereocenters. The van der Waals surface area contributed by atoms with E-state index in [1.807, 2.05) is 18.3 Å². The first-order chi connectivity index (χ1) is 9.56. The van der Waals surface area contributed by atoms with Crippen LogP contribution in [-0.4, -0.2) is 4.57 Å². The molecule has 106 valence electrons. The monoisotopic (exact) mass is 271 g/mol. The predicted octanol–water partition coefficient (Wildman–Crippen LogP) is 5.47. The van der Waals surface area contributed by atoms with Crippen molar-refractivity contribution < 1.29 is 4.39 Å². The summed E-state index contributed by atoms with van der Waals surface area (Å²) in [5.74, 6) is -0.177. The molecule has 0 aliphatic heterocycles. The van der Waals surface area contributed by atoms with E-state index < -0.39 is 0 Å². The van der Waals surface area contributed by atoms with Gasteiger partial charge in [0.2, 0.25) is 0 Å². The van der Waals surface area contributed by atoms with Crippen LogP contribution in [-0.2, 0) is 6.54 Å². The van der Waals surface area contributed by atoms with Gasteiger partial charge in [-0.3, -0.25) is 0 Å². The zero-order valence-corrected chi connectivity index (χ0v) is 12.5. The van der Waals surface area contributed by atoms with Crippen LogP contribution in [0.4, 0.5) is 4.39 Å². The maximum Gasteiger partial charge on any atom is 0.123 e. The van der Waals surface area contributed by atoms with Crippen molar-refractivity contribution in [3.63, 3.8) is 0 Å². The SMILES string of the molecule is CC(C)=CCCC(C)=CCn1ccc2cc(F)ccc21. The third-order valence-electron chi connectivity index (χ3n) is 3.46. The topological polar surface area (TPSA) is 4.93 Å². The van der Waals surface area contributed by atoms with Crippen molar-refractivity contribution in [2.45, 2.75) is 40.2 Å². The Balaban J connectivity index is 2.03. The molecule has 1 aromatic carbocycles. The Morgan fingerprint density at radius 3 is 2.70 bits per heavy atom. The van der Waals surface area contributed by atoms with E-state index in [9.17, 15) is 4.39 Å². The Kier molecular flexibility index (Phi) is 4.78. The molecule has 1 heterocycles. The standard InChI is InChI=1S/C18H22FN/c1-14(2)5-4-6-15(3)9-11-20-12-10-16-13-17(19)7-8-18(16)20/h5,7-10,12-13H,4,6,11H2,1-3H3. The Labute approximate surface area is 120 Å². The minimum absolute atomic E-state index is 0.177. The molecule has 0 saturated heterocycles. The fourth-order valence-electron chi connectivity index (χ4n) is 2.27. The van der Waals surface area contributed by atoms with E-state index in [0.29, 0.717) is 0 Å². The summed E-state index contributed by atoms with van der Waals surface area (Å²) in [4.78, 5) is 0. The van der Waals surface area contributed by atoms with E-state index in [0.717, 1.165) is 30.3 Å². The lowest BCUT2D eigenvalue weighted by Gasteiger charge is -2.04. The van der Waals surface area contributed by atoms with Crippen molar-refractivity contribution in [2.75, 3.05) is 0 Å². The van der Waals surface area contributed by atoms with Crippen LogP contribution in [0.3, 0.4) is 0 Å². The first kappa shape index (κ1) is 14.6. The number of aromatic nitrogens is 1. The van der Waals surface area contributed by atoms with E-state index in [4.69, 9.17) is 0 Å². The summed E-state index contributed by atoms with van der Waals surface area (Å²) in [5, 5.41) is 0.959. The number of allylic oxidation sites excluding steroid dienone is 4. The molecule has 0 saturated carbocycles. The van der Waals surface area contributed by atoms with Crippen molar-refractivity contribution in [3.05, 3.63) is 59.6 Å². The van der Waals surface area contributed by atoms with Crippen molar-refractivity contribution in [2.24, 2.45) is 0 Å². The molecule has 0 fully saturated rings. The smallest absolute Gasteiger partial charge is 0.123 e. The molecule has 0 aliphatic carbocycles. The summed E-state index contributed by atoms with van der Waals surface area (Å²) < 4.78 is 15.3. The highest BCUT2D eigenvalue weighted by molar-refractivity contribution is 5.80. The number of hydrogen-bond acceptors (Lipinski definition) is 0. The van der Waals surface area contributed by atoms with Gasteiger partial charge in [-0.2, -0.15) is 0 Å². The first-order valence-electron chi connectivity index (χ1n) is 7.09. The molecule has 2 heteroatoms. The van der Waals surface area contributed by atoms with Gasteiger partial charge >= 0.3 is 0 Å². The average molecular weight is 271 g/mol. The maximum atomic E-state index is 13.1. The molecule has 0 spiro atoms. The van der Waals surface area contributed by atoms with Crippen LogP contribution < -0.4 is 0 Å². The number of fused-ring (bicyclic) bond motifs is 1. The third-order valence-corrected chi connectivity index (χ3v) is 3.46. The molecule has 0 radical (unpaired) electrons. The maximum absolute atomic E-state index is 13.1. The Hall–Kier alpha value is -1.83. The number of hydrogen-bond donors (Lipinski definition) is 0. The van der Waals surface area contributed by atoms with Gasteiger partial charge in [0.25, 0.3) is 0 Å². The molecule has 0 bridgehead atoms. The van der Waals surface area contributed by atoms with Crippen molar-refractivity contribution in [3.8, 4) is 0 Å². The molecule has 2 rings (SSSR count). The van der Waals surface area contributed by atoms with E-state index >= 15 is 0 Å². The van der Waals surface area contributed by atoms with Gasteiger partial charge in [-0.25, -0.2) is 4.39 Å². The van der Waals surface area contributed by atoms with E-state index in [1.54, 1.807) is 6.07 Å². The molecule has 0 aliphatic rings. The molecule has 0 atom stereocenters. The van der Waals surface area contributed by atoms with Gasteiger partial charge < -0.3 is 4.57 Å². The Morgan fingerprint density at radius 2 is 1.95 bits per heavy atom. The zero-order chi connectivity index (χ0) is 14.5. The molecular weight excluding hydrogens is 249 g/mol. The largest absolute Gasteiger partial charge is 0.344 e. The quantitative estimate of drug-likeness (QED) is 0.635. The molecule has 0 N–H and O–H groups in total. The lowest BCUT2D eigenvalue weighted by molar-refractivity contribution is 0.629. The van der Waals surface area contributed by atoms with Crippen molar-refractivity contribution in [1.82, 2.24) is 4.57 Å². The van der Waals surface area contributed by atoms with Crippen LogP contribution in [0.25, 0.3) is 10.9 Å². The van der Waals surface area contributed by atoms with Crippen LogP contribution in [0.1, 0.15) is 33.6 Å². The molecule has 20 heavy (non-hydrogen) atoms. The number of halogens is 1. The minimum atomic E-state index is -0.177. The van der Waals surface area contributed by atoms with Gasteiger partial charge in [0.05, 0.1) is 0 Å². The average Bonchev–Trinajstić information content (AvgIpc) is 2.78. The van der Waals surface area contributed by atoms with Gasteiger partial charge in [-0.15, -0.1) is 0 Å². The van der Waals surface area contributed by atoms with Crippen molar-refractivity contribution >= 4 is 10.9 Å². The zero-order valence-electron chi connectivity index (χ0n) is 12.5. The van der Waals surface area contributed by atoms with Crippen LogP contribution in [0.5, 0.6) is 0 Å².